The maximum absolute atomic E-state index is 5.79. The Kier molecular flexibility index (Phi) is 6.67. The number of hydrogen-bond acceptors (Lipinski definition) is 2. The lowest BCUT2D eigenvalue weighted by Crippen LogP contribution is -2.32. The quantitative estimate of drug-likeness (QED) is 0.706. The van der Waals surface area contributed by atoms with Gasteiger partial charge in [-0.1, -0.05) is 0 Å². The third-order valence-electron chi connectivity index (χ3n) is 3.11. The zero-order valence-corrected chi connectivity index (χ0v) is 14.1. The maximum Gasteiger partial charge on any atom is 0.0739 e. The van der Waals surface area contributed by atoms with Crippen LogP contribution in [-0.4, -0.2) is 33.1 Å². The summed E-state index contributed by atoms with van der Waals surface area (Å²) in [7, 11) is 0. The summed E-state index contributed by atoms with van der Waals surface area (Å²) in [4.78, 5) is 2.44. The van der Waals surface area contributed by atoms with Crippen molar-refractivity contribution in [1.29, 1.82) is 0 Å². The van der Waals surface area contributed by atoms with Crippen LogP contribution in [0.3, 0.4) is 0 Å². The monoisotopic (exact) mass is 335 g/mol. The highest BCUT2D eigenvalue weighted by Crippen LogP contribution is 2.23. The summed E-state index contributed by atoms with van der Waals surface area (Å²) in [6, 6.07) is 0.514. The molecule has 0 aliphatic rings. The van der Waals surface area contributed by atoms with Crippen LogP contribution in [0.4, 0.5) is 0 Å². The van der Waals surface area contributed by atoms with Crippen molar-refractivity contribution in [1.82, 2.24) is 14.7 Å². The van der Waals surface area contributed by atoms with Gasteiger partial charge in [0, 0.05) is 25.0 Å². The SMILES string of the molecule is CCn1nc(C)c(Br)c1CN(CCCCl)C(C)C. The zero-order valence-electron chi connectivity index (χ0n) is 11.7. The minimum Gasteiger partial charge on any atom is -0.295 e. The van der Waals surface area contributed by atoms with Crippen molar-refractivity contribution in [3.8, 4) is 0 Å². The molecule has 0 radical (unpaired) electrons. The maximum atomic E-state index is 5.79. The Labute approximate surface area is 124 Å². The van der Waals surface area contributed by atoms with Crippen molar-refractivity contribution in [2.45, 2.75) is 53.2 Å². The van der Waals surface area contributed by atoms with Gasteiger partial charge in [-0.2, -0.15) is 5.10 Å². The topological polar surface area (TPSA) is 21.1 Å². The van der Waals surface area contributed by atoms with E-state index in [4.69, 9.17) is 11.6 Å². The van der Waals surface area contributed by atoms with Crippen LogP contribution in [0.2, 0.25) is 0 Å². The predicted octanol–water partition coefficient (Wildman–Crippen LogP) is 3.81. The minimum absolute atomic E-state index is 0.514. The molecule has 0 amide bonds. The molecule has 0 fully saturated rings. The molecule has 104 valence electrons. The molecular formula is C13H23BrClN3. The number of hydrogen-bond donors (Lipinski definition) is 0. The van der Waals surface area contributed by atoms with Crippen LogP contribution in [0, 0.1) is 6.92 Å². The van der Waals surface area contributed by atoms with Gasteiger partial charge >= 0.3 is 0 Å². The zero-order chi connectivity index (χ0) is 13.7. The average Bonchev–Trinajstić information content (AvgIpc) is 2.61. The molecule has 1 heterocycles. The van der Waals surface area contributed by atoms with E-state index in [2.05, 4.69) is 51.4 Å². The first-order valence-electron chi connectivity index (χ1n) is 6.53. The molecule has 0 unspecified atom stereocenters. The summed E-state index contributed by atoms with van der Waals surface area (Å²) in [6.45, 7) is 11.5. The Morgan fingerprint density at radius 1 is 1.44 bits per heavy atom. The van der Waals surface area contributed by atoms with Crippen LogP contribution in [0.15, 0.2) is 4.47 Å². The molecule has 0 bridgehead atoms. The van der Waals surface area contributed by atoms with Crippen molar-refractivity contribution in [3.05, 3.63) is 15.9 Å². The summed E-state index contributed by atoms with van der Waals surface area (Å²) >= 11 is 9.45. The number of aryl methyl sites for hydroxylation is 2. The standard InChI is InChI=1S/C13H23BrClN3/c1-5-18-12(13(14)11(4)16-18)9-17(10(2)3)8-6-7-15/h10H,5-9H2,1-4H3. The summed E-state index contributed by atoms with van der Waals surface area (Å²) in [5.41, 5.74) is 2.33. The van der Waals surface area contributed by atoms with E-state index >= 15 is 0 Å². The Morgan fingerprint density at radius 2 is 2.11 bits per heavy atom. The van der Waals surface area contributed by atoms with Crippen LogP contribution in [0.25, 0.3) is 0 Å². The lowest BCUT2D eigenvalue weighted by Gasteiger charge is -2.26. The molecule has 0 aliphatic heterocycles. The fourth-order valence-corrected chi connectivity index (χ4v) is 2.52. The number of rotatable bonds is 7. The van der Waals surface area contributed by atoms with Crippen LogP contribution in [-0.2, 0) is 13.1 Å². The van der Waals surface area contributed by atoms with Crippen LogP contribution >= 0.6 is 27.5 Å². The Morgan fingerprint density at radius 3 is 2.61 bits per heavy atom. The fraction of sp³-hybridized carbons (Fsp3) is 0.769. The second kappa shape index (κ2) is 7.51. The molecule has 0 spiro atoms. The van der Waals surface area contributed by atoms with Gasteiger partial charge in [0.2, 0.25) is 0 Å². The van der Waals surface area contributed by atoms with Crippen molar-refractivity contribution in [2.75, 3.05) is 12.4 Å². The largest absolute Gasteiger partial charge is 0.295 e. The van der Waals surface area contributed by atoms with Crippen LogP contribution in [0.1, 0.15) is 38.6 Å². The first-order valence-corrected chi connectivity index (χ1v) is 7.85. The molecule has 3 nitrogen and oxygen atoms in total. The normalized spacial score (nSPS) is 11.8. The highest BCUT2D eigenvalue weighted by molar-refractivity contribution is 9.10. The molecule has 0 N–H and O–H groups in total. The molecular weight excluding hydrogens is 314 g/mol. The summed E-state index contributed by atoms with van der Waals surface area (Å²) in [5.74, 6) is 0.719. The first-order chi connectivity index (χ1) is 8.51. The highest BCUT2D eigenvalue weighted by Gasteiger charge is 2.17. The summed E-state index contributed by atoms with van der Waals surface area (Å²) in [6.07, 6.45) is 1.02. The lowest BCUT2D eigenvalue weighted by atomic mass is 10.2. The fourth-order valence-electron chi connectivity index (χ4n) is 2.00. The number of nitrogens with zero attached hydrogens (tertiary/aromatic N) is 3. The summed E-state index contributed by atoms with van der Waals surface area (Å²) in [5, 5.41) is 4.54. The van der Waals surface area contributed by atoms with Crippen molar-refractivity contribution in [3.63, 3.8) is 0 Å². The van der Waals surface area contributed by atoms with E-state index in [1.807, 2.05) is 6.92 Å². The van der Waals surface area contributed by atoms with E-state index in [0.29, 0.717) is 6.04 Å². The van der Waals surface area contributed by atoms with E-state index in [1.165, 1.54) is 5.69 Å². The summed E-state index contributed by atoms with van der Waals surface area (Å²) < 4.78 is 3.22. The molecule has 1 aromatic rings. The van der Waals surface area contributed by atoms with Crippen LogP contribution < -0.4 is 0 Å². The first kappa shape index (κ1) is 16.0. The molecule has 0 atom stereocenters. The lowest BCUT2D eigenvalue weighted by molar-refractivity contribution is 0.207. The second-order valence-electron chi connectivity index (χ2n) is 4.77. The van der Waals surface area contributed by atoms with Gasteiger partial charge in [-0.15, -0.1) is 11.6 Å². The van der Waals surface area contributed by atoms with Crippen molar-refractivity contribution in [2.24, 2.45) is 0 Å². The van der Waals surface area contributed by atoms with Gasteiger partial charge in [-0.05, 0) is 56.6 Å². The Balaban J connectivity index is 2.85. The smallest absolute Gasteiger partial charge is 0.0739 e. The van der Waals surface area contributed by atoms with Crippen LogP contribution in [0.5, 0.6) is 0 Å². The number of alkyl halides is 1. The Hall–Kier alpha value is -0.0600. The van der Waals surface area contributed by atoms with Gasteiger partial charge in [0.05, 0.1) is 15.9 Å². The molecule has 0 aromatic carbocycles. The molecule has 0 saturated heterocycles. The Bertz CT molecular complexity index is 377. The number of aromatic nitrogens is 2. The molecule has 0 saturated carbocycles. The molecule has 1 aromatic heterocycles. The third-order valence-corrected chi connectivity index (χ3v) is 4.41. The van der Waals surface area contributed by atoms with Crippen molar-refractivity contribution >= 4 is 27.5 Å². The van der Waals surface area contributed by atoms with Gasteiger partial charge in [-0.3, -0.25) is 9.58 Å². The predicted molar refractivity (Wildman–Crippen MR) is 81.2 cm³/mol. The molecule has 0 aliphatic carbocycles. The highest BCUT2D eigenvalue weighted by atomic mass is 79.9. The van der Waals surface area contributed by atoms with E-state index in [-0.39, 0.29) is 0 Å². The van der Waals surface area contributed by atoms with Gasteiger partial charge in [-0.25, -0.2) is 0 Å². The number of halogens is 2. The van der Waals surface area contributed by atoms with E-state index in [1.54, 1.807) is 0 Å². The van der Waals surface area contributed by atoms with Gasteiger partial charge in [0.25, 0.3) is 0 Å². The minimum atomic E-state index is 0.514. The average molecular weight is 337 g/mol. The van der Waals surface area contributed by atoms with Gasteiger partial charge in [0.15, 0.2) is 0 Å². The second-order valence-corrected chi connectivity index (χ2v) is 5.94. The van der Waals surface area contributed by atoms with Crippen molar-refractivity contribution < 1.29 is 0 Å². The van der Waals surface area contributed by atoms with E-state index < -0.39 is 0 Å². The molecule has 18 heavy (non-hydrogen) atoms. The molecule has 5 heteroatoms. The van der Waals surface area contributed by atoms with E-state index in [0.717, 1.165) is 42.1 Å². The van der Waals surface area contributed by atoms with Gasteiger partial charge < -0.3 is 0 Å². The van der Waals surface area contributed by atoms with E-state index in [9.17, 15) is 0 Å². The third kappa shape index (κ3) is 3.97. The molecule has 1 rings (SSSR count). The van der Waals surface area contributed by atoms with Gasteiger partial charge in [0.1, 0.15) is 0 Å².